The van der Waals surface area contributed by atoms with Crippen molar-refractivity contribution < 1.29 is 58.2 Å². The van der Waals surface area contributed by atoms with Gasteiger partial charge in [0.05, 0.1) is 6.61 Å². The number of aliphatic hydroxyl groups excluding tert-OH is 2. The van der Waals surface area contributed by atoms with Crippen LogP contribution in [-0.2, 0) is 42.9 Å². The maximum Gasteiger partial charge on any atom is 0.335 e. The Labute approximate surface area is 466 Å². The van der Waals surface area contributed by atoms with Crippen molar-refractivity contribution in [3.05, 3.63) is 97.2 Å². The van der Waals surface area contributed by atoms with Crippen LogP contribution in [0.4, 0.5) is 0 Å². The number of aliphatic hydroxyl groups is 2. The number of carboxylic acid groups (broad SMARTS) is 1. The molecule has 0 aromatic heterocycles. The van der Waals surface area contributed by atoms with Crippen LogP contribution in [0.2, 0.25) is 0 Å². The molecule has 3 N–H and O–H groups in total. The maximum absolute atomic E-state index is 13.1. The molecule has 438 valence electrons. The smallest absolute Gasteiger partial charge is 0.335 e. The van der Waals surface area contributed by atoms with Crippen LogP contribution in [-0.4, -0.2) is 89.2 Å². The van der Waals surface area contributed by atoms with Crippen molar-refractivity contribution in [2.75, 3.05) is 13.2 Å². The first-order valence-corrected chi connectivity index (χ1v) is 30.2. The van der Waals surface area contributed by atoms with Gasteiger partial charge in [-0.2, -0.15) is 0 Å². The second kappa shape index (κ2) is 52.3. The normalized spacial score (nSPS) is 18.7. The topological polar surface area (TPSA) is 175 Å². The van der Waals surface area contributed by atoms with E-state index in [1.54, 1.807) is 0 Å². The van der Waals surface area contributed by atoms with E-state index in [0.29, 0.717) is 19.3 Å². The van der Waals surface area contributed by atoms with Crippen molar-refractivity contribution >= 4 is 23.9 Å². The first-order chi connectivity index (χ1) is 37.6. The van der Waals surface area contributed by atoms with Gasteiger partial charge in [0.1, 0.15) is 18.8 Å². The Morgan fingerprint density at radius 1 is 0.442 bits per heavy atom. The third-order valence-electron chi connectivity index (χ3n) is 13.1. The number of esters is 3. The molecule has 12 nitrogen and oxygen atoms in total. The quantitative estimate of drug-likeness (QED) is 0.0228. The summed E-state index contributed by atoms with van der Waals surface area (Å²) in [7, 11) is 0. The van der Waals surface area contributed by atoms with Crippen LogP contribution in [0.5, 0.6) is 0 Å². The molecule has 6 unspecified atom stereocenters. The highest BCUT2D eigenvalue weighted by molar-refractivity contribution is 5.74. The number of carbonyl (C=O) groups excluding carboxylic acids is 3. The van der Waals surface area contributed by atoms with Gasteiger partial charge in [-0.3, -0.25) is 14.4 Å². The molecule has 0 spiro atoms. The highest BCUT2D eigenvalue weighted by Gasteiger charge is 2.50. The van der Waals surface area contributed by atoms with Crippen LogP contribution in [0.1, 0.15) is 239 Å². The minimum absolute atomic E-state index is 0.0418. The summed E-state index contributed by atoms with van der Waals surface area (Å²) in [4.78, 5) is 51.1. The highest BCUT2D eigenvalue weighted by Crippen LogP contribution is 2.26. The van der Waals surface area contributed by atoms with Gasteiger partial charge in [-0.15, -0.1) is 0 Å². The Morgan fingerprint density at radius 2 is 0.844 bits per heavy atom. The largest absolute Gasteiger partial charge is 0.479 e. The fraction of sp³-hybridized carbons (Fsp3) is 0.692. The summed E-state index contributed by atoms with van der Waals surface area (Å²) in [6.45, 7) is 5.76. The van der Waals surface area contributed by atoms with Crippen LogP contribution in [0.3, 0.4) is 0 Å². The van der Waals surface area contributed by atoms with Gasteiger partial charge in [-0.1, -0.05) is 201 Å². The van der Waals surface area contributed by atoms with E-state index in [2.05, 4.69) is 118 Å². The number of unbranched alkanes of at least 4 members (excludes halogenated alkanes) is 20. The molecule has 1 aliphatic heterocycles. The molecule has 12 heteroatoms. The zero-order chi connectivity index (χ0) is 56.1. The lowest BCUT2D eigenvalue weighted by atomic mass is 9.98. The molecule has 1 heterocycles. The van der Waals surface area contributed by atoms with E-state index in [1.807, 2.05) is 0 Å². The second-order valence-corrected chi connectivity index (χ2v) is 20.2. The number of hydrogen-bond acceptors (Lipinski definition) is 11. The van der Waals surface area contributed by atoms with E-state index < -0.39 is 67.3 Å². The molecule has 1 saturated heterocycles. The molecule has 6 atom stereocenters. The molecule has 0 aromatic rings. The van der Waals surface area contributed by atoms with Gasteiger partial charge in [0, 0.05) is 19.3 Å². The molecule has 77 heavy (non-hydrogen) atoms. The summed E-state index contributed by atoms with van der Waals surface area (Å²) >= 11 is 0. The van der Waals surface area contributed by atoms with Gasteiger partial charge in [-0.25, -0.2) is 4.79 Å². The van der Waals surface area contributed by atoms with Crippen molar-refractivity contribution in [3.63, 3.8) is 0 Å². The zero-order valence-electron chi connectivity index (χ0n) is 48.2. The zero-order valence-corrected chi connectivity index (χ0v) is 48.2. The van der Waals surface area contributed by atoms with Gasteiger partial charge in [0.15, 0.2) is 24.6 Å². The molecular formula is C65H106O12. The first kappa shape index (κ1) is 70.7. The van der Waals surface area contributed by atoms with Gasteiger partial charge in [0.2, 0.25) is 0 Å². The lowest BCUT2D eigenvalue weighted by molar-refractivity contribution is -0.301. The monoisotopic (exact) mass is 1080 g/mol. The molecule has 0 saturated carbocycles. The molecular weight excluding hydrogens is 973 g/mol. The molecule has 0 amide bonds. The second-order valence-electron chi connectivity index (χ2n) is 20.2. The lowest BCUT2D eigenvalue weighted by Gasteiger charge is -2.40. The van der Waals surface area contributed by atoms with Gasteiger partial charge in [-0.05, 0) is 116 Å². The predicted octanol–water partition coefficient (Wildman–Crippen LogP) is 15.7. The summed E-state index contributed by atoms with van der Waals surface area (Å²) in [5.74, 6) is -3.20. The third-order valence-corrected chi connectivity index (χ3v) is 13.1. The van der Waals surface area contributed by atoms with Crippen LogP contribution < -0.4 is 0 Å². The van der Waals surface area contributed by atoms with E-state index >= 15 is 0 Å². The van der Waals surface area contributed by atoms with Crippen LogP contribution in [0.15, 0.2) is 97.2 Å². The van der Waals surface area contributed by atoms with E-state index in [-0.39, 0.29) is 25.9 Å². The SMILES string of the molecule is CC/C=C\C/C=C\C/C=C\C/C=C\C/C=C\CCCCCC(=O)OCC(COC1OC(C(=O)O)C(O)C(O)C1OC(=O)CCCCCCC/C=C\CCCCCCCC)OC(=O)CCCCCCC/C=C\C/C=C\CCC. The van der Waals surface area contributed by atoms with Crippen LogP contribution in [0.25, 0.3) is 0 Å². The number of carboxylic acids is 1. The van der Waals surface area contributed by atoms with Crippen molar-refractivity contribution in [1.82, 2.24) is 0 Å². The summed E-state index contributed by atoms with van der Waals surface area (Å²) in [6.07, 6.45) is 56.6. The summed E-state index contributed by atoms with van der Waals surface area (Å²) in [6, 6.07) is 0. The number of rotatable bonds is 50. The average Bonchev–Trinajstić information content (AvgIpc) is 3.42. The Morgan fingerprint density at radius 3 is 1.32 bits per heavy atom. The molecule has 0 aromatic carbocycles. The van der Waals surface area contributed by atoms with Crippen LogP contribution >= 0.6 is 0 Å². The van der Waals surface area contributed by atoms with Gasteiger partial charge < -0.3 is 39.0 Å². The van der Waals surface area contributed by atoms with E-state index in [4.69, 9.17) is 23.7 Å². The maximum atomic E-state index is 13.1. The Balaban J connectivity index is 2.71. The number of hydrogen-bond donors (Lipinski definition) is 3. The minimum Gasteiger partial charge on any atom is -0.479 e. The van der Waals surface area contributed by atoms with Crippen molar-refractivity contribution in [2.45, 2.75) is 276 Å². The third kappa shape index (κ3) is 42.3. The van der Waals surface area contributed by atoms with Crippen molar-refractivity contribution in [2.24, 2.45) is 0 Å². The van der Waals surface area contributed by atoms with E-state index in [9.17, 15) is 34.5 Å². The number of aliphatic carboxylic acids is 1. The Kier molecular flexibility index (Phi) is 48.0. The lowest BCUT2D eigenvalue weighted by Crippen LogP contribution is -2.61. The average molecular weight is 1080 g/mol. The molecule has 1 fully saturated rings. The fourth-order valence-electron chi connectivity index (χ4n) is 8.48. The van der Waals surface area contributed by atoms with E-state index in [0.717, 1.165) is 141 Å². The molecule has 0 radical (unpaired) electrons. The highest BCUT2D eigenvalue weighted by atomic mass is 16.7. The van der Waals surface area contributed by atoms with Crippen LogP contribution in [0, 0.1) is 0 Å². The van der Waals surface area contributed by atoms with Gasteiger partial charge in [0.25, 0.3) is 0 Å². The number of carbonyl (C=O) groups is 4. The Bertz CT molecular complexity index is 1710. The first-order valence-electron chi connectivity index (χ1n) is 30.2. The summed E-state index contributed by atoms with van der Waals surface area (Å²) in [5.41, 5.74) is 0. The standard InChI is InChI=1S/C65H106O12/c1-4-7-10-13-16-19-22-25-27-28-29-30-32-34-36-39-42-45-48-51-57(66)73-54-56(75-58(67)52-49-46-43-40-37-33-24-21-18-15-12-9-6-3)55-74-65-63(61(70)60(69)62(77-65)64(71)72)76-59(68)53-50-47-44-41-38-35-31-26-23-20-17-14-11-8-5-2/h7,10,12,15-16,19,21,24-27,29-31,34,36,56,60-63,65,69-70H,4-6,8-9,11,13-14,17-18,20,22-23,28,32-33,35,37-55H2,1-3H3,(H,71,72)/b10-7-,15-12-,19-16-,24-21-,27-25-,30-29-,31-26-,36-34-. The van der Waals surface area contributed by atoms with Crippen molar-refractivity contribution in [1.29, 1.82) is 0 Å². The summed E-state index contributed by atoms with van der Waals surface area (Å²) < 4.78 is 28.4. The molecule has 0 bridgehead atoms. The predicted molar refractivity (Wildman–Crippen MR) is 312 cm³/mol. The number of ether oxygens (including phenoxy) is 5. The minimum atomic E-state index is -1.92. The number of allylic oxidation sites excluding steroid dienone is 16. The Hall–Kier alpha value is -4.36. The summed E-state index contributed by atoms with van der Waals surface area (Å²) in [5, 5.41) is 31.5. The molecule has 1 rings (SSSR count). The van der Waals surface area contributed by atoms with Crippen molar-refractivity contribution in [3.8, 4) is 0 Å². The van der Waals surface area contributed by atoms with E-state index in [1.165, 1.54) is 38.5 Å². The molecule has 1 aliphatic rings. The van der Waals surface area contributed by atoms with Gasteiger partial charge >= 0.3 is 23.9 Å². The fourth-order valence-corrected chi connectivity index (χ4v) is 8.48. The molecule has 0 aliphatic carbocycles.